The Morgan fingerprint density at radius 1 is 1.39 bits per heavy atom. The second-order valence-corrected chi connectivity index (χ2v) is 5.23. The molecular weight excluding hydrogens is 299 g/mol. The van der Waals surface area contributed by atoms with Gasteiger partial charge in [0.25, 0.3) is 0 Å². The molecule has 0 radical (unpaired) electrons. The summed E-state index contributed by atoms with van der Waals surface area (Å²) in [6.07, 6.45) is 4.90. The molecule has 6 nitrogen and oxygen atoms in total. The Labute approximate surface area is 133 Å². The van der Waals surface area contributed by atoms with Crippen molar-refractivity contribution in [3.8, 4) is 5.75 Å². The minimum Gasteiger partial charge on any atom is -0.494 e. The van der Waals surface area contributed by atoms with Crippen molar-refractivity contribution < 1.29 is 13.9 Å². The molecule has 0 spiro atoms. The highest BCUT2D eigenvalue weighted by Crippen LogP contribution is 2.27. The molecule has 1 aliphatic rings. The summed E-state index contributed by atoms with van der Waals surface area (Å²) < 4.78 is 18.3. The molecule has 1 atom stereocenters. The van der Waals surface area contributed by atoms with Crippen LogP contribution in [0.2, 0.25) is 0 Å². The third kappa shape index (κ3) is 3.23. The lowest BCUT2D eigenvalue weighted by atomic mass is 10.2. The zero-order chi connectivity index (χ0) is 16.2. The molecule has 1 unspecified atom stereocenters. The summed E-state index contributed by atoms with van der Waals surface area (Å²) >= 11 is 0. The number of hydrogen-bond acceptors (Lipinski definition) is 5. The van der Waals surface area contributed by atoms with Crippen LogP contribution >= 0.6 is 0 Å². The van der Waals surface area contributed by atoms with Crippen molar-refractivity contribution >= 4 is 17.5 Å². The van der Waals surface area contributed by atoms with Gasteiger partial charge < -0.3 is 15.0 Å². The van der Waals surface area contributed by atoms with Gasteiger partial charge in [0.1, 0.15) is 17.6 Å². The number of rotatable bonds is 4. The zero-order valence-corrected chi connectivity index (χ0v) is 12.7. The number of nitrogens with one attached hydrogen (secondary N) is 1. The molecule has 2 heterocycles. The molecule has 1 aromatic heterocycles. The van der Waals surface area contributed by atoms with Gasteiger partial charge in [-0.2, -0.15) is 0 Å². The number of benzene rings is 1. The van der Waals surface area contributed by atoms with E-state index in [-0.39, 0.29) is 11.9 Å². The van der Waals surface area contributed by atoms with Gasteiger partial charge in [-0.05, 0) is 31.0 Å². The fourth-order valence-electron chi connectivity index (χ4n) is 2.70. The topological polar surface area (TPSA) is 67.3 Å². The number of carbonyl (C=O) groups is 1. The molecular formula is C16H17FN4O2. The Morgan fingerprint density at radius 2 is 2.17 bits per heavy atom. The lowest BCUT2D eigenvalue weighted by Crippen LogP contribution is -2.40. The molecule has 0 saturated carbocycles. The molecule has 7 heteroatoms. The number of anilines is 2. The summed E-state index contributed by atoms with van der Waals surface area (Å²) in [4.78, 5) is 22.9. The Morgan fingerprint density at radius 3 is 2.91 bits per heavy atom. The molecule has 1 fully saturated rings. The van der Waals surface area contributed by atoms with E-state index in [9.17, 15) is 9.18 Å². The predicted octanol–water partition coefficient (Wildman–Crippen LogP) is 2.23. The highest BCUT2D eigenvalue weighted by Gasteiger charge is 2.32. The van der Waals surface area contributed by atoms with Crippen molar-refractivity contribution in [1.82, 2.24) is 9.97 Å². The molecule has 23 heavy (non-hydrogen) atoms. The van der Waals surface area contributed by atoms with E-state index in [0.717, 1.165) is 13.0 Å². The summed E-state index contributed by atoms with van der Waals surface area (Å²) in [6.45, 7) is 0.725. The van der Waals surface area contributed by atoms with E-state index in [2.05, 4.69) is 15.3 Å². The first-order valence-electron chi connectivity index (χ1n) is 7.37. The van der Waals surface area contributed by atoms with Gasteiger partial charge in [-0.25, -0.2) is 14.4 Å². The van der Waals surface area contributed by atoms with E-state index in [1.54, 1.807) is 18.5 Å². The molecule has 1 amide bonds. The third-order valence-electron chi connectivity index (χ3n) is 3.79. The second-order valence-electron chi connectivity index (χ2n) is 5.23. The number of ether oxygens (including phenoxy) is 1. The number of halogens is 1. The maximum Gasteiger partial charge on any atom is 0.247 e. The summed E-state index contributed by atoms with van der Waals surface area (Å²) in [5.74, 6) is 0.231. The van der Waals surface area contributed by atoms with Crippen LogP contribution in [0.25, 0.3) is 0 Å². The van der Waals surface area contributed by atoms with Crippen molar-refractivity contribution in [1.29, 1.82) is 0 Å². The van der Waals surface area contributed by atoms with Gasteiger partial charge in [0.15, 0.2) is 0 Å². The van der Waals surface area contributed by atoms with Gasteiger partial charge in [-0.1, -0.05) is 0 Å². The van der Waals surface area contributed by atoms with E-state index >= 15 is 0 Å². The highest BCUT2D eigenvalue weighted by atomic mass is 19.1. The molecule has 1 N–H and O–H groups in total. The summed E-state index contributed by atoms with van der Waals surface area (Å²) in [5.41, 5.74) is 0.444. The number of nitrogens with zero attached hydrogens (tertiary/aromatic N) is 3. The number of aromatic nitrogens is 2. The first kappa shape index (κ1) is 15.2. The lowest BCUT2D eigenvalue weighted by molar-refractivity contribution is -0.117. The summed E-state index contributed by atoms with van der Waals surface area (Å²) in [7, 11) is 1.43. The standard InChI is InChI=1S/C16H17FN4O2/c1-23-14-10-11(17)5-6-12(14)20-15(22)13-4-2-9-21(13)16-18-7-3-8-19-16/h3,5-8,10,13H,2,4,9H2,1H3,(H,20,22). The van der Waals surface area contributed by atoms with Crippen LogP contribution in [0.5, 0.6) is 5.75 Å². The average molecular weight is 316 g/mol. The number of carbonyl (C=O) groups excluding carboxylic acids is 1. The van der Waals surface area contributed by atoms with Crippen LogP contribution < -0.4 is 15.0 Å². The maximum absolute atomic E-state index is 13.2. The van der Waals surface area contributed by atoms with E-state index < -0.39 is 5.82 Å². The number of amides is 1. The average Bonchev–Trinajstić information content (AvgIpc) is 3.07. The first-order valence-corrected chi connectivity index (χ1v) is 7.37. The maximum atomic E-state index is 13.2. The van der Waals surface area contributed by atoms with Gasteiger partial charge in [0.05, 0.1) is 12.8 Å². The molecule has 1 aromatic carbocycles. The number of hydrogen-bond donors (Lipinski definition) is 1. The quantitative estimate of drug-likeness (QED) is 0.937. The Kier molecular flexibility index (Phi) is 4.36. The van der Waals surface area contributed by atoms with Crippen LogP contribution in [0.3, 0.4) is 0 Å². The van der Waals surface area contributed by atoms with Crippen molar-refractivity contribution in [2.24, 2.45) is 0 Å². The summed E-state index contributed by atoms with van der Waals surface area (Å²) in [6, 6.07) is 5.39. The molecule has 120 valence electrons. The zero-order valence-electron chi connectivity index (χ0n) is 12.7. The van der Waals surface area contributed by atoms with Crippen LogP contribution in [0.15, 0.2) is 36.7 Å². The van der Waals surface area contributed by atoms with Crippen molar-refractivity contribution in [2.45, 2.75) is 18.9 Å². The van der Waals surface area contributed by atoms with Gasteiger partial charge >= 0.3 is 0 Å². The van der Waals surface area contributed by atoms with Crippen molar-refractivity contribution in [3.05, 3.63) is 42.5 Å². The van der Waals surface area contributed by atoms with Crippen LogP contribution in [0.4, 0.5) is 16.0 Å². The lowest BCUT2D eigenvalue weighted by Gasteiger charge is -2.24. The van der Waals surface area contributed by atoms with E-state index in [0.29, 0.717) is 23.8 Å². The minimum atomic E-state index is -0.417. The fourth-order valence-corrected chi connectivity index (χ4v) is 2.70. The van der Waals surface area contributed by atoms with Gasteiger partial charge in [-0.15, -0.1) is 0 Å². The molecule has 0 aliphatic carbocycles. The predicted molar refractivity (Wildman–Crippen MR) is 84.0 cm³/mol. The summed E-state index contributed by atoms with van der Waals surface area (Å²) in [5, 5.41) is 2.80. The molecule has 2 aromatic rings. The SMILES string of the molecule is COc1cc(F)ccc1NC(=O)C1CCCN1c1ncccn1. The smallest absolute Gasteiger partial charge is 0.247 e. The van der Waals surface area contributed by atoms with Gasteiger partial charge in [-0.3, -0.25) is 4.79 Å². The Balaban J connectivity index is 1.78. The van der Waals surface area contributed by atoms with Gasteiger partial charge in [0.2, 0.25) is 11.9 Å². The monoisotopic (exact) mass is 316 g/mol. The largest absolute Gasteiger partial charge is 0.494 e. The minimum absolute atomic E-state index is 0.181. The van der Waals surface area contributed by atoms with Crippen molar-refractivity contribution in [3.63, 3.8) is 0 Å². The van der Waals surface area contributed by atoms with E-state index in [1.165, 1.54) is 25.3 Å². The van der Waals surface area contributed by atoms with Crippen LogP contribution in [0, 0.1) is 5.82 Å². The van der Waals surface area contributed by atoms with E-state index in [4.69, 9.17) is 4.74 Å². The molecule has 1 aliphatic heterocycles. The second kappa shape index (κ2) is 6.60. The van der Waals surface area contributed by atoms with Crippen molar-refractivity contribution in [2.75, 3.05) is 23.9 Å². The van der Waals surface area contributed by atoms with Crippen LogP contribution in [-0.2, 0) is 4.79 Å². The molecule has 0 bridgehead atoms. The van der Waals surface area contributed by atoms with Gasteiger partial charge in [0, 0.05) is 25.0 Å². The highest BCUT2D eigenvalue weighted by molar-refractivity contribution is 5.98. The normalized spacial score (nSPS) is 17.1. The van der Waals surface area contributed by atoms with Crippen LogP contribution in [0.1, 0.15) is 12.8 Å². The Bertz CT molecular complexity index is 696. The molecule has 3 rings (SSSR count). The molecule has 1 saturated heterocycles. The first-order chi connectivity index (χ1) is 11.2. The van der Waals surface area contributed by atoms with Crippen LogP contribution in [-0.4, -0.2) is 35.6 Å². The number of methoxy groups -OCH3 is 1. The third-order valence-corrected chi connectivity index (χ3v) is 3.79. The fraction of sp³-hybridized carbons (Fsp3) is 0.312. The Hall–Kier alpha value is -2.70. The van der Waals surface area contributed by atoms with E-state index in [1.807, 2.05) is 4.90 Å².